The average molecular weight is 481 g/mol. The van der Waals surface area contributed by atoms with Crippen LogP contribution in [0.25, 0.3) is 0 Å². The lowest BCUT2D eigenvalue weighted by molar-refractivity contribution is -0.149. The highest BCUT2D eigenvalue weighted by Gasteiger charge is 2.51. The Bertz CT molecular complexity index is 1140. The second-order valence-corrected chi connectivity index (χ2v) is 9.10. The largest absolute Gasteiger partial charge is 0.497 e. The fourth-order valence-electron chi connectivity index (χ4n) is 4.32. The van der Waals surface area contributed by atoms with E-state index in [1.54, 1.807) is 31.4 Å². The van der Waals surface area contributed by atoms with E-state index in [0.29, 0.717) is 46.6 Å². The minimum absolute atomic E-state index is 0.0755. The molecule has 2 aromatic carbocycles. The first-order valence-corrected chi connectivity index (χ1v) is 12.3. The van der Waals surface area contributed by atoms with Crippen LogP contribution in [0.4, 0.5) is 0 Å². The molecule has 34 heavy (non-hydrogen) atoms. The van der Waals surface area contributed by atoms with E-state index in [2.05, 4.69) is 6.07 Å². The van der Waals surface area contributed by atoms with Gasteiger partial charge in [-0.15, -0.1) is 11.8 Å². The molecular formula is C26H28N2O5S. The Morgan fingerprint density at radius 3 is 2.59 bits per heavy atom. The highest BCUT2D eigenvalue weighted by atomic mass is 32.2. The molecule has 2 aliphatic rings. The van der Waals surface area contributed by atoms with Crippen LogP contribution in [0, 0.1) is 11.3 Å². The van der Waals surface area contributed by atoms with Crippen molar-refractivity contribution < 1.29 is 24.1 Å². The van der Waals surface area contributed by atoms with Crippen molar-refractivity contribution in [2.45, 2.75) is 38.3 Å². The Hall–Kier alpha value is -3.15. The second kappa shape index (κ2) is 10.00. The number of nitrogens with zero attached hydrogens (tertiary/aromatic N) is 2. The molecule has 0 radical (unpaired) electrons. The van der Waals surface area contributed by atoms with Crippen molar-refractivity contribution in [2.75, 3.05) is 26.1 Å². The number of amides is 1. The summed E-state index contributed by atoms with van der Waals surface area (Å²) < 4.78 is 16.8. The number of aliphatic hydroxyl groups is 1. The molecule has 8 heteroatoms. The van der Waals surface area contributed by atoms with Crippen molar-refractivity contribution in [2.24, 2.45) is 0 Å². The number of allylic oxidation sites excluding steroid dienone is 1. The standard InChI is InChI=1S/C26H28N2O5S/c1-4-12-33-22-11-6-17(13-23(22)32-5-2)20-14-24(29)28-25(21(20)15-27)34-16-26(28,30)18-7-9-19(31-3)10-8-18/h6-11,13,20,30H,4-5,12,14,16H2,1-3H3/t20-,26+/m1/s1. The lowest BCUT2D eigenvalue weighted by atomic mass is 9.85. The Labute approximate surface area is 203 Å². The third-order valence-electron chi connectivity index (χ3n) is 5.99. The van der Waals surface area contributed by atoms with Gasteiger partial charge in [-0.2, -0.15) is 5.26 Å². The Morgan fingerprint density at radius 2 is 1.94 bits per heavy atom. The van der Waals surface area contributed by atoms with Crippen LogP contribution >= 0.6 is 11.8 Å². The second-order valence-electron chi connectivity index (χ2n) is 8.14. The number of hydrogen-bond donors (Lipinski definition) is 1. The molecule has 2 aromatic rings. The van der Waals surface area contributed by atoms with Crippen molar-refractivity contribution >= 4 is 17.7 Å². The number of benzene rings is 2. The van der Waals surface area contributed by atoms with Crippen LogP contribution in [0.15, 0.2) is 53.1 Å². The number of fused-ring (bicyclic) bond motifs is 1. The molecule has 1 saturated heterocycles. The monoisotopic (exact) mass is 480 g/mol. The number of carbonyl (C=O) groups excluding carboxylic acids is 1. The third-order valence-corrected chi connectivity index (χ3v) is 7.22. The predicted molar refractivity (Wildman–Crippen MR) is 130 cm³/mol. The topological polar surface area (TPSA) is 92.0 Å². The first-order valence-electron chi connectivity index (χ1n) is 11.3. The van der Waals surface area contributed by atoms with Gasteiger partial charge in [-0.3, -0.25) is 9.69 Å². The minimum atomic E-state index is -1.52. The van der Waals surface area contributed by atoms with Crippen molar-refractivity contribution in [1.29, 1.82) is 5.26 Å². The van der Waals surface area contributed by atoms with Gasteiger partial charge in [0, 0.05) is 17.9 Å². The maximum absolute atomic E-state index is 13.4. The van der Waals surface area contributed by atoms with Crippen LogP contribution in [-0.2, 0) is 10.5 Å². The lowest BCUT2D eigenvalue weighted by Crippen LogP contribution is -2.48. The molecule has 0 saturated carbocycles. The molecule has 1 amide bonds. The molecule has 0 spiro atoms. The van der Waals surface area contributed by atoms with Crippen LogP contribution < -0.4 is 14.2 Å². The predicted octanol–water partition coefficient (Wildman–Crippen LogP) is 4.53. The molecule has 2 aliphatic heterocycles. The SMILES string of the molecule is CCCOc1ccc([C@H]2CC(=O)N3C(=C2C#N)SC[C@]3(O)c2ccc(OC)cc2)cc1OCC. The normalized spacial score (nSPS) is 21.8. The maximum atomic E-state index is 13.4. The quantitative estimate of drug-likeness (QED) is 0.594. The molecule has 4 rings (SSSR count). The fraction of sp³-hybridized carbons (Fsp3) is 0.385. The van der Waals surface area contributed by atoms with Gasteiger partial charge in [0.15, 0.2) is 17.2 Å². The molecule has 1 N–H and O–H groups in total. The highest BCUT2D eigenvalue weighted by Crippen LogP contribution is 2.52. The van der Waals surface area contributed by atoms with Gasteiger partial charge in [-0.05, 0) is 43.2 Å². The van der Waals surface area contributed by atoms with Gasteiger partial charge in [0.2, 0.25) is 5.91 Å². The highest BCUT2D eigenvalue weighted by molar-refractivity contribution is 8.03. The van der Waals surface area contributed by atoms with E-state index >= 15 is 0 Å². The summed E-state index contributed by atoms with van der Waals surface area (Å²) in [5, 5.41) is 22.2. The van der Waals surface area contributed by atoms with Crippen molar-refractivity contribution in [3.63, 3.8) is 0 Å². The summed E-state index contributed by atoms with van der Waals surface area (Å²) in [6.45, 7) is 4.98. The molecule has 1 fully saturated rings. The molecule has 0 unspecified atom stereocenters. The summed E-state index contributed by atoms with van der Waals surface area (Å²) in [6, 6.07) is 14.9. The maximum Gasteiger partial charge on any atom is 0.231 e. The van der Waals surface area contributed by atoms with Gasteiger partial charge in [0.1, 0.15) is 5.75 Å². The smallest absolute Gasteiger partial charge is 0.231 e. The van der Waals surface area contributed by atoms with Crippen molar-refractivity contribution in [3.05, 3.63) is 64.2 Å². The number of thioether (sulfide) groups is 1. The molecule has 7 nitrogen and oxygen atoms in total. The first kappa shape index (κ1) is 24.0. The van der Waals surface area contributed by atoms with Crippen LogP contribution in [0.3, 0.4) is 0 Å². The third kappa shape index (κ3) is 4.22. The number of methoxy groups -OCH3 is 1. The van der Waals surface area contributed by atoms with Crippen molar-refractivity contribution in [3.8, 4) is 23.3 Å². The number of carbonyl (C=O) groups is 1. The summed E-state index contributed by atoms with van der Waals surface area (Å²) in [5.74, 6) is 1.49. The van der Waals surface area contributed by atoms with E-state index in [9.17, 15) is 15.2 Å². The zero-order valence-corrected chi connectivity index (χ0v) is 20.4. The van der Waals surface area contributed by atoms with Crippen LogP contribution in [0.1, 0.15) is 43.7 Å². The Morgan fingerprint density at radius 1 is 1.18 bits per heavy atom. The van der Waals surface area contributed by atoms with Gasteiger partial charge in [-0.1, -0.05) is 25.1 Å². The molecule has 2 heterocycles. The lowest BCUT2D eigenvalue weighted by Gasteiger charge is -2.38. The summed E-state index contributed by atoms with van der Waals surface area (Å²) in [7, 11) is 1.57. The number of rotatable bonds is 8. The van der Waals surface area contributed by atoms with E-state index in [4.69, 9.17) is 14.2 Å². The Balaban J connectivity index is 1.72. The van der Waals surface area contributed by atoms with Gasteiger partial charge in [0.25, 0.3) is 0 Å². The first-order chi connectivity index (χ1) is 16.5. The van der Waals surface area contributed by atoms with Gasteiger partial charge >= 0.3 is 0 Å². The summed E-state index contributed by atoms with van der Waals surface area (Å²) in [5.41, 5.74) is 0.338. The number of nitriles is 1. The molecular weight excluding hydrogens is 452 g/mol. The zero-order chi connectivity index (χ0) is 24.3. The van der Waals surface area contributed by atoms with E-state index < -0.39 is 11.6 Å². The number of ether oxygens (including phenoxy) is 3. The average Bonchev–Trinajstić information content (AvgIpc) is 3.22. The van der Waals surface area contributed by atoms with Gasteiger partial charge in [0.05, 0.1) is 42.7 Å². The summed E-state index contributed by atoms with van der Waals surface area (Å²) in [6.07, 6.45) is 0.950. The van der Waals surface area contributed by atoms with Gasteiger partial charge in [-0.25, -0.2) is 0 Å². The van der Waals surface area contributed by atoms with E-state index in [1.807, 2.05) is 32.0 Å². The van der Waals surface area contributed by atoms with Crippen molar-refractivity contribution in [1.82, 2.24) is 4.90 Å². The minimum Gasteiger partial charge on any atom is -0.497 e. The molecule has 0 aliphatic carbocycles. The molecule has 2 atom stereocenters. The fourth-order valence-corrected chi connectivity index (χ4v) is 5.68. The van der Waals surface area contributed by atoms with Gasteiger partial charge < -0.3 is 19.3 Å². The molecule has 0 bridgehead atoms. The van der Waals surface area contributed by atoms with Crippen LogP contribution in [-0.4, -0.2) is 42.0 Å². The number of hydrogen-bond acceptors (Lipinski definition) is 7. The van der Waals surface area contributed by atoms with E-state index in [1.165, 1.54) is 16.7 Å². The van der Waals surface area contributed by atoms with E-state index in [-0.39, 0.29) is 18.1 Å². The van der Waals surface area contributed by atoms with E-state index in [0.717, 1.165) is 12.0 Å². The summed E-state index contributed by atoms with van der Waals surface area (Å²) in [4.78, 5) is 14.8. The molecule has 0 aromatic heterocycles. The molecule has 178 valence electrons. The van der Waals surface area contributed by atoms with Crippen LogP contribution in [0.5, 0.6) is 17.2 Å². The van der Waals surface area contributed by atoms with Crippen LogP contribution in [0.2, 0.25) is 0 Å². The Kier molecular flexibility index (Phi) is 7.05. The zero-order valence-electron chi connectivity index (χ0n) is 19.5. The summed E-state index contributed by atoms with van der Waals surface area (Å²) >= 11 is 1.33.